The molecule has 0 spiro atoms. The lowest BCUT2D eigenvalue weighted by Gasteiger charge is -2.27. The lowest BCUT2D eigenvalue weighted by Crippen LogP contribution is -2.44. The molecule has 2 aromatic carbocycles. The van der Waals surface area contributed by atoms with E-state index in [1.54, 1.807) is 35.0 Å². The van der Waals surface area contributed by atoms with E-state index in [9.17, 15) is 21.6 Å². The van der Waals surface area contributed by atoms with Crippen LogP contribution in [0.4, 0.5) is 13.2 Å². The zero-order valence-corrected chi connectivity index (χ0v) is 23.6. The molecule has 0 aliphatic carbocycles. The second-order valence-corrected chi connectivity index (χ2v) is 12.1. The molecule has 4 rings (SSSR count). The first-order valence-corrected chi connectivity index (χ1v) is 14.8. The van der Waals surface area contributed by atoms with Crippen molar-refractivity contribution in [3.63, 3.8) is 0 Å². The number of aryl methyl sites for hydroxylation is 1. The van der Waals surface area contributed by atoms with E-state index in [1.165, 1.54) is 13.8 Å². The molecule has 3 aromatic rings. The minimum atomic E-state index is -4.84. The number of sulfonamides is 1. The van der Waals surface area contributed by atoms with E-state index >= 15 is 0 Å². The number of nitrogens with zero attached hydrogens (tertiary/aromatic N) is 2. The fraction of sp³-hybridized carbons (Fsp3) is 0.464. The largest absolute Gasteiger partial charge is 0.439 e. The Bertz CT molecular complexity index is 1380. The van der Waals surface area contributed by atoms with Crippen molar-refractivity contribution in [2.45, 2.75) is 64.5 Å². The highest BCUT2D eigenvalue weighted by atomic mass is 32.2. The van der Waals surface area contributed by atoms with Gasteiger partial charge in [-0.15, -0.1) is 0 Å². The van der Waals surface area contributed by atoms with Crippen molar-refractivity contribution in [3.8, 4) is 22.9 Å². The Morgan fingerprint density at radius 2 is 1.88 bits per heavy atom. The molecule has 40 heavy (non-hydrogen) atoms. The summed E-state index contributed by atoms with van der Waals surface area (Å²) in [5, 5.41) is 8.04. The molecule has 1 aliphatic rings. The maximum absolute atomic E-state index is 12.7. The van der Waals surface area contributed by atoms with Gasteiger partial charge >= 0.3 is 6.18 Å². The van der Waals surface area contributed by atoms with E-state index in [1.807, 2.05) is 31.2 Å². The normalized spacial score (nSPS) is 16.4. The minimum absolute atomic E-state index is 0.289. The second-order valence-electron chi connectivity index (χ2n) is 10.4. The van der Waals surface area contributed by atoms with Crippen LogP contribution in [-0.4, -0.2) is 49.4 Å². The van der Waals surface area contributed by atoms with E-state index in [0.717, 1.165) is 38.1 Å². The standard InChI is InChI=1S/C28H35F3N4O4S/c1-4-35-26(39-23-12-10-20(11-13-23)17-32-18-24-9-6-14-38-24)16-25(33-35)21-7-5-8-22(15-21)27(2,3)34-40(36,37)19-28(29,30)31/h5,7-8,10-13,15-16,24,32,34H,4,6,9,14,17-19H2,1-3H3. The molecule has 8 nitrogen and oxygen atoms in total. The first-order chi connectivity index (χ1) is 18.8. The highest BCUT2D eigenvalue weighted by Crippen LogP contribution is 2.31. The van der Waals surface area contributed by atoms with E-state index < -0.39 is 27.5 Å². The predicted octanol–water partition coefficient (Wildman–Crippen LogP) is 5.35. The maximum Gasteiger partial charge on any atom is 0.404 e. The number of halogens is 3. The Balaban J connectivity index is 1.45. The highest BCUT2D eigenvalue weighted by Gasteiger charge is 2.38. The SMILES string of the molecule is CCn1nc(-c2cccc(C(C)(C)NS(=O)(=O)CC(F)(F)F)c2)cc1Oc1ccc(CNCC2CCCO2)cc1. The minimum Gasteiger partial charge on any atom is -0.439 e. The Kier molecular flexibility index (Phi) is 9.23. The molecule has 2 N–H and O–H groups in total. The zero-order valence-electron chi connectivity index (χ0n) is 22.8. The fourth-order valence-corrected chi connectivity index (χ4v) is 5.99. The molecule has 0 amide bonds. The molecule has 1 fully saturated rings. The van der Waals surface area contributed by atoms with Crippen LogP contribution < -0.4 is 14.8 Å². The van der Waals surface area contributed by atoms with Crippen LogP contribution in [0.1, 0.15) is 44.7 Å². The van der Waals surface area contributed by atoms with Gasteiger partial charge < -0.3 is 14.8 Å². The van der Waals surface area contributed by atoms with Crippen molar-refractivity contribution in [3.05, 3.63) is 65.7 Å². The van der Waals surface area contributed by atoms with Crippen molar-refractivity contribution >= 4 is 10.0 Å². The molecule has 218 valence electrons. The van der Waals surface area contributed by atoms with Crippen LogP contribution in [0.15, 0.2) is 54.6 Å². The van der Waals surface area contributed by atoms with Gasteiger partial charge in [-0.2, -0.15) is 18.3 Å². The Morgan fingerprint density at radius 3 is 2.52 bits per heavy atom. The molecule has 0 saturated carbocycles. The summed E-state index contributed by atoms with van der Waals surface area (Å²) in [5.74, 6) is -0.771. The molecule has 1 aromatic heterocycles. The average Bonchev–Trinajstić information content (AvgIpc) is 3.53. The van der Waals surface area contributed by atoms with Crippen molar-refractivity contribution in [1.82, 2.24) is 19.8 Å². The number of nitrogens with one attached hydrogen (secondary N) is 2. The van der Waals surface area contributed by atoms with E-state index in [4.69, 9.17) is 9.47 Å². The molecule has 1 saturated heterocycles. The van der Waals surface area contributed by atoms with Crippen molar-refractivity contribution in [1.29, 1.82) is 0 Å². The smallest absolute Gasteiger partial charge is 0.404 e. The summed E-state index contributed by atoms with van der Waals surface area (Å²) in [6, 6.07) is 16.4. The third kappa shape index (κ3) is 8.29. The second kappa shape index (κ2) is 12.3. The van der Waals surface area contributed by atoms with Gasteiger partial charge in [-0.05, 0) is 62.9 Å². The topological polar surface area (TPSA) is 94.5 Å². The molecule has 2 heterocycles. The molecule has 1 aliphatic heterocycles. The third-order valence-electron chi connectivity index (χ3n) is 6.56. The van der Waals surface area contributed by atoms with Crippen LogP contribution in [0.3, 0.4) is 0 Å². The van der Waals surface area contributed by atoms with Gasteiger partial charge in [0.05, 0.1) is 17.3 Å². The Morgan fingerprint density at radius 1 is 1.12 bits per heavy atom. The van der Waals surface area contributed by atoms with Gasteiger partial charge in [0.1, 0.15) is 5.75 Å². The lowest BCUT2D eigenvalue weighted by atomic mass is 9.93. The Hall–Kier alpha value is -2.93. The molecule has 1 atom stereocenters. The summed E-state index contributed by atoms with van der Waals surface area (Å²) < 4.78 is 78.0. The van der Waals surface area contributed by atoms with Crippen LogP contribution in [0.5, 0.6) is 11.6 Å². The molecular formula is C28H35F3N4O4S. The molecule has 1 unspecified atom stereocenters. The zero-order chi connectivity index (χ0) is 29.0. The summed E-state index contributed by atoms with van der Waals surface area (Å²) in [4.78, 5) is 0. The van der Waals surface area contributed by atoms with Gasteiger partial charge in [0.25, 0.3) is 0 Å². The van der Waals surface area contributed by atoms with E-state index in [0.29, 0.717) is 35.0 Å². The number of ether oxygens (including phenoxy) is 2. The quantitative estimate of drug-likeness (QED) is 0.300. The van der Waals surface area contributed by atoms with Gasteiger partial charge in [-0.3, -0.25) is 0 Å². The monoisotopic (exact) mass is 580 g/mol. The first-order valence-electron chi connectivity index (χ1n) is 13.2. The summed E-state index contributed by atoms with van der Waals surface area (Å²) in [6.07, 6.45) is -2.34. The number of hydrogen-bond donors (Lipinski definition) is 2. The summed E-state index contributed by atoms with van der Waals surface area (Å²) in [6.45, 7) is 7.90. The summed E-state index contributed by atoms with van der Waals surface area (Å²) in [5.41, 5.74) is 1.59. The van der Waals surface area contributed by atoms with Crippen molar-refractivity contribution < 1.29 is 31.1 Å². The van der Waals surface area contributed by atoms with Gasteiger partial charge in [0.2, 0.25) is 15.9 Å². The van der Waals surface area contributed by atoms with Crippen molar-refractivity contribution in [2.75, 3.05) is 18.9 Å². The number of alkyl halides is 3. The van der Waals surface area contributed by atoms with E-state index in [2.05, 4.69) is 15.1 Å². The van der Waals surface area contributed by atoms with Crippen LogP contribution >= 0.6 is 0 Å². The summed E-state index contributed by atoms with van der Waals surface area (Å²) in [7, 11) is -4.60. The van der Waals surface area contributed by atoms with Crippen molar-refractivity contribution in [2.24, 2.45) is 0 Å². The number of rotatable bonds is 12. The fourth-order valence-electron chi connectivity index (χ4n) is 4.59. The maximum atomic E-state index is 12.7. The lowest BCUT2D eigenvalue weighted by molar-refractivity contribution is -0.106. The van der Waals surface area contributed by atoms with Crippen LogP contribution in [0.2, 0.25) is 0 Å². The molecule has 0 bridgehead atoms. The molecule has 12 heteroatoms. The Labute approximate surface area is 232 Å². The number of aromatic nitrogens is 2. The van der Waals surface area contributed by atoms with Gasteiger partial charge in [0.15, 0.2) is 5.75 Å². The highest BCUT2D eigenvalue weighted by molar-refractivity contribution is 7.89. The first kappa shape index (κ1) is 30.0. The van der Waals surface area contributed by atoms with Gasteiger partial charge in [-0.25, -0.2) is 17.8 Å². The third-order valence-corrected chi connectivity index (χ3v) is 8.09. The number of benzene rings is 2. The molecular weight excluding hydrogens is 545 g/mol. The van der Waals surface area contributed by atoms with Gasteiger partial charge in [0, 0.05) is 37.9 Å². The van der Waals surface area contributed by atoms with Crippen LogP contribution in [0, 0.1) is 0 Å². The summed E-state index contributed by atoms with van der Waals surface area (Å²) >= 11 is 0. The predicted molar refractivity (Wildman–Crippen MR) is 147 cm³/mol. The van der Waals surface area contributed by atoms with Crippen LogP contribution in [0.25, 0.3) is 11.3 Å². The molecule has 0 radical (unpaired) electrons. The number of hydrogen-bond acceptors (Lipinski definition) is 6. The van der Waals surface area contributed by atoms with Crippen LogP contribution in [-0.2, 0) is 33.4 Å². The van der Waals surface area contributed by atoms with Gasteiger partial charge in [-0.1, -0.05) is 30.3 Å². The van der Waals surface area contributed by atoms with E-state index in [-0.39, 0.29) is 6.10 Å². The average molecular weight is 581 g/mol.